The van der Waals surface area contributed by atoms with Crippen molar-refractivity contribution >= 4 is 0 Å². The van der Waals surface area contributed by atoms with E-state index in [1.54, 1.807) is 0 Å². The fraction of sp³-hybridized carbons (Fsp3) is 1.00. The summed E-state index contributed by atoms with van der Waals surface area (Å²) >= 11 is 0. The first kappa shape index (κ1) is 15.8. The Morgan fingerprint density at radius 3 is 1.86 bits per heavy atom. The van der Waals surface area contributed by atoms with Crippen molar-refractivity contribution in [2.24, 2.45) is 0 Å². The highest BCUT2D eigenvalue weighted by Crippen LogP contribution is 2.32. The van der Waals surface area contributed by atoms with E-state index >= 15 is 0 Å². The number of piperidine rings is 1. The maximum absolute atomic E-state index is 3.86. The average Bonchev–Trinajstić information content (AvgIpc) is 2.55. The Bertz CT molecular complexity index is 279. The Labute approximate surface area is 132 Å². The monoisotopic (exact) mass is 292 g/mol. The molecule has 1 heterocycles. The van der Waals surface area contributed by atoms with Gasteiger partial charge in [-0.2, -0.15) is 0 Å². The van der Waals surface area contributed by atoms with Gasteiger partial charge >= 0.3 is 0 Å². The van der Waals surface area contributed by atoms with Crippen molar-refractivity contribution in [1.82, 2.24) is 10.2 Å². The van der Waals surface area contributed by atoms with E-state index in [-0.39, 0.29) is 0 Å². The minimum Gasteiger partial charge on any atom is -0.310 e. The van der Waals surface area contributed by atoms with Crippen molar-refractivity contribution in [2.75, 3.05) is 13.1 Å². The van der Waals surface area contributed by atoms with E-state index in [9.17, 15) is 0 Å². The number of nitrogens with zero attached hydrogens (tertiary/aromatic N) is 1. The van der Waals surface area contributed by atoms with Crippen molar-refractivity contribution < 1.29 is 0 Å². The maximum atomic E-state index is 3.86. The first-order valence-electron chi connectivity index (χ1n) is 9.78. The molecule has 1 aliphatic heterocycles. The second-order valence-corrected chi connectivity index (χ2v) is 8.20. The van der Waals surface area contributed by atoms with Gasteiger partial charge in [-0.3, -0.25) is 4.90 Å². The Morgan fingerprint density at radius 1 is 0.810 bits per heavy atom. The molecule has 3 rings (SSSR count). The molecule has 1 N–H and O–H groups in total. The van der Waals surface area contributed by atoms with Gasteiger partial charge in [-0.25, -0.2) is 0 Å². The lowest BCUT2D eigenvalue weighted by molar-refractivity contribution is 0.0449. The molecule has 3 fully saturated rings. The first-order valence-corrected chi connectivity index (χ1v) is 9.78. The normalized spacial score (nSPS) is 33.4. The molecule has 0 amide bonds. The van der Waals surface area contributed by atoms with Gasteiger partial charge in [0.15, 0.2) is 0 Å². The largest absolute Gasteiger partial charge is 0.310 e. The average molecular weight is 293 g/mol. The minimum atomic E-state index is 0.382. The quantitative estimate of drug-likeness (QED) is 0.821. The molecule has 21 heavy (non-hydrogen) atoms. The molecular formula is C19H36N2. The summed E-state index contributed by atoms with van der Waals surface area (Å²) < 4.78 is 0. The van der Waals surface area contributed by atoms with Crippen LogP contribution in [0, 0.1) is 0 Å². The lowest BCUT2D eigenvalue weighted by Gasteiger charge is -2.47. The van der Waals surface area contributed by atoms with E-state index in [0.717, 1.165) is 12.1 Å². The fourth-order valence-electron chi connectivity index (χ4n) is 5.04. The van der Waals surface area contributed by atoms with Crippen LogP contribution in [0.3, 0.4) is 0 Å². The van der Waals surface area contributed by atoms with Crippen molar-refractivity contribution in [2.45, 2.75) is 108 Å². The molecule has 0 spiro atoms. The molecule has 2 heteroatoms. The molecule has 1 unspecified atom stereocenters. The first-order chi connectivity index (χ1) is 10.3. The Kier molecular flexibility index (Phi) is 5.61. The standard InChI is InChI=1S/C19H36N2/c1-19(14-8-9-15-20-19)16-21(17-10-4-2-5-11-17)18-12-6-3-7-13-18/h17-18,20H,2-16H2,1H3. The van der Waals surface area contributed by atoms with Crippen molar-refractivity contribution in [1.29, 1.82) is 0 Å². The molecule has 0 aromatic rings. The van der Waals surface area contributed by atoms with E-state index in [0.29, 0.717) is 5.54 Å². The van der Waals surface area contributed by atoms with Crippen LogP contribution in [0.15, 0.2) is 0 Å². The van der Waals surface area contributed by atoms with Gasteiger partial charge in [-0.05, 0) is 52.0 Å². The number of nitrogens with one attached hydrogen (secondary N) is 1. The Hall–Kier alpha value is -0.0800. The molecule has 2 saturated carbocycles. The molecule has 2 nitrogen and oxygen atoms in total. The third kappa shape index (κ3) is 4.22. The number of hydrogen-bond donors (Lipinski definition) is 1. The molecular weight excluding hydrogens is 256 g/mol. The summed E-state index contributed by atoms with van der Waals surface area (Å²) in [5, 5.41) is 3.86. The van der Waals surface area contributed by atoms with Gasteiger partial charge in [0.2, 0.25) is 0 Å². The number of rotatable bonds is 4. The third-order valence-electron chi connectivity index (χ3n) is 6.33. The van der Waals surface area contributed by atoms with Gasteiger partial charge in [0.25, 0.3) is 0 Å². The summed E-state index contributed by atoms with van der Waals surface area (Å²) in [5.74, 6) is 0. The van der Waals surface area contributed by atoms with Crippen LogP contribution in [-0.4, -0.2) is 35.6 Å². The minimum absolute atomic E-state index is 0.382. The fourth-order valence-corrected chi connectivity index (χ4v) is 5.04. The van der Waals surface area contributed by atoms with Crippen LogP contribution in [0.25, 0.3) is 0 Å². The molecule has 2 aliphatic carbocycles. The molecule has 3 aliphatic rings. The van der Waals surface area contributed by atoms with Crippen molar-refractivity contribution in [3.05, 3.63) is 0 Å². The molecule has 1 atom stereocenters. The maximum Gasteiger partial charge on any atom is 0.0280 e. The molecule has 0 aromatic carbocycles. The summed E-state index contributed by atoms with van der Waals surface area (Å²) in [7, 11) is 0. The van der Waals surface area contributed by atoms with Gasteiger partial charge in [0, 0.05) is 24.2 Å². The zero-order chi connectivity index (χ0) is 14.5. The van der Waals surface area contributed by atoms with E-state index in [4.69, 9.17) is 0 Å². The highest BCUT2D eigenvalue weighted by atomic mass is 15.2. The zero-order valence-electron chi connectivity index (χ0n) is 14.2. The van der Waals surface area contributed by atoms with Crippen molar-refractivity contribution in [3.63, 3.8) is 0 Å². The third-order valence-corrected chi connectivity index (χ3v) is 6.33. The lowest BCUT2D eigenvalue weighted by atomic mass is 9.84. The van der Waals surface area contributed by atoms with Gasteiger partial charge in [-0.15, -0.1) is 0 Å². The van der Waals surface area contributed by atoms with Crippen LogP contribution in [0.2, 0.25) is 0 Å². The molecule has 0 bridgehead atoms. The second kappa shape index (κ2) is 7.46. The lowest BCUT2D eigenvalue weighted by Crippen LogP contribution is -2.58. The highest BCUT2D eigenvalue weighted by Gasteiger charge is 2.35. The van der Waals surface area contributed by atoms with Gasteiger partial charge in [0.1, 0.15) is 0 Å². The summed E-state index contributed by atoms with van der Waals surface area (Å²) in [5.41, 5.74) is 0.382. The van der Waals surface area contributed by atoms with Gasteiger partial charge in [0.05, 0.1) is 0 Å². The summed E-state index contributed by atoms with van der Waals surface area (Å²) in [6, 6.07) is 1.78. The van der Waals surface area contributed by atoms with Crippen LogP contribution < -0.4 is 5.32 Å². The Morgan fingerprint density at radius 2 is 1.38 bits per heavy atom. The van der Waals surface area contributed by atoms with Crippen LogP contribution in [0.1, 0.15) is 90.4 Å². The molecule has 0 aromatic heterocycles. The highest BCUT2D eigenvalue weighted by molar-refractivity contribution is 4.94. The zero-order valence-corrected chi connectivity index (χ0v) is 14.2. The summed E-state index contributed by atoms with van der Waals surface area (Å²) in [4.78, 5) is 2.98. The summed E-state index contributed by atoms with van der Waals surface area (Å²) in [6.07, 6.45) is 18.9. The Balaban J connectivity index is 1.67. The topological polar surface area (TPSA) is 15.3 Å². The van der Waals surface area contributed by atoms with Crippen molar-refractivity contribution in [3.8, 4) is 0 Å². The van der Waals surface area contributed by atoms with E-state index in [1.807, 2.05) is 0 Å². The van der Waals surface area contributed by atoms with Crippen LogP contribution >= 0.6 is 0 Å². The van der Waals surface area contributed by atoms with E-state index in [2.05, 4.69) is 17.1 Å². The SMILES string of the molecule is CC1(CN(C2CCCCC2)C2CCCCC2)CCCCN1. The smallest absolute Gasteiger partial charge is 0.0280 e. The van der Waals surface area contributed by atoms with Gasteiger partial charge in [-0.1, -0.05) is 44.9 Å². The van der Waals surface area contributed by atoms with Crippen LogP contribution in [-0.2, 0) is 0 Å². The molecule has 1 saturated heterocycles. The second-order valence-electron chi connectivity index (χ2n) is 8.20. The molecule has 122 valence electrons. The predicted molar refractivity (Wildman–Crippen MR) is 90.7 cm³/mol. The van der Waals surface area contributed by atoms with Gasteiger partial charge < -0.3 is 5.32 Å². The van der Waals surface area contributed by atoms with E-state index < -0.39 is 0 Å². The summed E-state index contributed by atoms with van der Waals surface area (Å²) in [6.45, 7) is 5.03. The van der Waals surface area contributed by atoms with Crippen LogP contribution in [0.4, 0.5) is 0 Å². The molecule has 0 radical (unpaired) electrons. The number of hydrogen-bond acceptors (Lipinski definition) is 2. The van der Waals surface area contributed by atoms with Crippen LogP contribution in [0.5, 0.6) is 0 Å². The van der Waals surface area contributed by atoms with E-state index in [1.165, 1.54) is 96.6 Å². The predicted octanol–water partition coefficient (Wildman–Crippen LogP) is 4.49.